The summed E-state index contributed by atoms with van der Waals surface area (Å²) in [5.74, 6) is -1.13. The molecule has 0 saturated carbocycles. The number of unbranched alkanes of at least 4 members (excludes halogenated alkanes) is 15. The molecule has 0 aliphatic rings. The lowest BCUT2D eigenvalue weighted by atomic mass is 10.0. The molecule has 0 spiro atoms. The Hall–Kier alpha value is -2.25. The van der Waals surface area contributed by atoms with Crippen molar-refractivity contribution in [1.82, 2.24) is 0 Å². The summed E-state index contributed by atoms with van der Waals surface area (Å²) in [6.45, 7) is 2.61. The number of halogens is 3. The largest absolute Gasteiger partial charge is 0.573 e. The van der Waals surface area contributed by atoms with Crippen molar-refractivity contribution in [2.45, 2.75) is 142 Å². The van der Waals surface area contributed by atoms with E-state index >= 15 is 0 Å². The molecule has 0 heterocycles. The van der Waals surface area contributed by atoms with Gasteiger partial charge < -0.3 is 14.2 Å². The van der Waals surface area contributed by atoms with E-state index in [1.807, 2.05) is 0 Å². The van der Waals surface area contributed by atoms with E-state index in [0.29, 0.717) is 18.6 Å². The van der Waals surface area contributed by atoms with Gasteiger partial charge in [0.05, 0.1) is 6.61 Å². The number of rotatable bonds is 24. The van der Waals surface area contributed by atoms with Gasteiger partial charge in [-0.15, -0.1) is 13.2 Å². The Bertz CT molecular complexity index is 750. The second kappa shape index (κ2) is 22.6. The number of alkyl halides is 3. The maximum atomic E-state index is 12.2. The highest BCUT2D eigenvalue weighted by Gasteiger charge is 2.30. The summed E-state index contributed by atoms with van der Waals surface area (Å²) in [6.07, 6.45) is 16.5. The van der Waals surface area contributed by atoms with Crippen LogP contribution in [0.25, 0.3) is 0 Å². The van der Waals surface area contributed by atoms with Crippen LogP contribution in [0.2, 0.25) is 0 Å². The summed E-state index contributed by atoms with van der Waals surface area (Å²) in [7, 11) is 0. The number of esters is 2. The molecule has 0 aliphatic heterocycles. The summed E-state index contributed by atoms with van der Waals surface area (Å²) < 4.78 is 50.6. The third kappa shape index (κ3) is 22.3. The van der Waals surface area contributed by atoms with Gasteiger partial charge in [0.2, 0.25) is 0 Å². The zero-order valence-electron chi connectivity index (χ0n) is 23.8. The van der Waals surface area contributed by atoms with Crippen LogP contribution < -0.4 is 4.74 Å². The molecule has 8 heteroatoms. The predicted molar refractivity (Wildman–Crippen MR) is 147 cm³/mol. The minimum absolute atomic E-state index is 0.0607. The number of carbonyl (C=O) groups excluding carboxylic acids is 2. The number of benzene rings is 1. The highest BCUT2D eigenvalue weighted by molar-refractivity contribution is 5.72. The molecule has 39 heavy (non-hydrogen) atoms. The molecular formula is C31H49F3O5. The monoisotopic (exact) mass is 558 g/mol. The fourth-order valence-corrected chi connectivity index (χ4v) is 4.31. The van der Waals surface area contributed by atoms with Crippen LogP contribution >= 0.6 is 0 Å². The lowest BCUT2D eigenvalue weighted by Crippen LogP contribution is -2.17. The van der Waals surface area contributed by atoms with Gasteiger partial charge in [0.25, 0.3) is 0 Å². The van der Waals surface area contributed by atoms with E-state index < -0.39 is 12.3 Å². The van der Waals surface area contributed by atoms with Gasteiger partial charge in [-0.2, -0.15) is 0 Å². The first-order valence-corrected chi connectivity index (χ1v) is 15.0. The van der Waals surface area contributed by atoms with Crippen LogP contribution in [0.5, 0.6) is 5.75 Å². The summed E-state index contributed by atoms with van der Waals surface area (Å²) in [6, 6.07) is 5.10. The SMILES string of the molecule is CCCCCCCCCCCCCCCCCCOC(=O)CCCC(=O)OCc1ccc(OC(F)(F)F)cc1. The molecule has 1 aromatic rings. The van der Waals surface area contributed by atoms with E-state index in [-0.39, 0.29) is 31.2 Å². The average molecular weight is 559 g/mol. The Morgan fingerprint density at radius 2 is 1.05 bits per heavy atom. The van der Waals surface area contributed by atoms with Crippen LogP contribution in [0, 0.1) is 0 Å². The summed E-state index contributed by atoms with van der Waals surface area (Å²) >= 11 is 0. The molecule has 0 amide bonds. The molecule has 0 N–H and O–H groups in total. The molecule has 5 nitrogen and oxygen atoms in total. The van der Waals surface area contributed by atoms with Gasteiger partial charge in [0.15, 0.2) is 0 Å². The van der Waals surface area contributed by atoms with Gasteiger partial charge in [-0.1, -0.05) is 115 Å². The minimum atomic E-state index is -4.75. The summed E-state index contributed by atoms with van der Waals surface area (Å²) in [5, 5.41) is 0. The van der Waals surface area contributed by atoms with E-state index in [1.165, 1.54) is 102 Å². The molecule has 0 bridgehead atoms. The number of carbonyl (C=O) groups is 2. The quantitative estimate of drug-likeness (QED) is 0.0934. The van der Waals surface area contributed by atoms with Crippen molar-refractivity contribution in [2.24, 2.45) is 0 Å². The van der Waals surface area contributed by atoms with Crippen LogP contribution in [-0.2, 0) is 25.7 Å². The summed E-state index contributed by atoms with van der Waals surface area (Å²) in [5.41, 5.74) is 0.538. The Morgan fingerprint density at radius 3 is 1.51 bits per heavy atom. The second-order valence-electron chi connectivity index (χ2n) is 10.2. The molecule has 0 atom stereocenters. The molecule has 1 rings (SSSR count). The molecule has 0 aliphatic carbocycles. The van der Waals surface area contributed by atoms with E-state index in [0.717, 1.165) is 25.0 Å². The molecule has 0 saturated heterocycles. The zero-order valence-corrected chi connectivity index (χ0v) is 23.8. The highest BCUT2D eigenvalue weighted by atomic mass is 19.4. The minimum Gasteiger partial charge on any atom is -0.466 e. The smallest absolute Gasteiger partial charge is 0.466 e. The van der Waals surface area contributed by atoms with Crippen LogP contribution in [-0.4, -0.2) is 24.9 Å². The van der Waals surface area contributed by atoms with E-state index in [4.69, 9.17) is 9.47 Å². The molecule has 0 radical (unpaired) electrons. The zero-order chi connectivity index (χ0) is 28.6. The maximum Gasteiger partial charge on any atom is 0.573 e. The van der Waals surface area contributed by atoms with E-state index in [1.54, 1.807) is 0 Å². The van der Waals surface area contributed by atoms with Crippen molar-refractivity contribution in [3.8, 4) is 5.75 Å². The Kier molecular flexibility index (Phi) is 20.1. The van der Waals surface area contributed by atoms with Crippen molar-refractivity contribution < 1.29 is 37.0 Å². The first-order valence-electron chi connectivity index (χ1n) is 15.0. The van der Waals surface area contributed by atoms with Gasteiger partial charge in [-0.25, -0.2) is 0 Å². The van der Waals surface area contributed by atoms with Crippen molar-refractivity contribution in [3.63, 3.8) is 0 Å². The van der Waals surface area contributed by atoms with Gasteiger partial charge in [-0.05, 0) is 30.5 Å². The fourth-order valence-electron chi connectivity index (χ4n) is 4.31. The maximum absolute atomic E-state index is 12.2. The Balaban J connectivity index is 1.88. The lowest BCUT2D eigenvalue weighted by molar-refractivity contribution is -0.274. The van der Waals surface area contributed by atoms with Crippen molar-refractivity contribution >= 4 is 11.9 Å². The molecule has 224 valence electrons. The normalized spacial score (nSPS) is 11.4. The molecular weight excluding hydrogens is 509 g/mol. The van der Waals surface area contributed by atoms with Crippen molar-refractivity contribution in [3.05, 3.63) is 29.8 Å². The topological polar surface area (TPSA) is 61.8 Å². The Morgan fingerprint density at radius 1 is 0.615 bits per heavy atom. The van der Waals surface area contributed by atoms with Crippen molar-refractivity contribution in [1.29, 1.82) is 0 Å². The number of hydrogen-bond acceptors (Lipinski definition) is 5. The molecule has 0 aromatic heterocycles. The van der Waals surface area contributed by atoms with Crippen LogP contribution in [0.15, 0.2) is 24.3 Å². The van der Waals surface area contributed by atoms with Gasteiger partial charge >= 0.3 is 18.3 Å². The van der Waals surface area contributed by atoms with Gasteiger partial charge in [0, 0.05) is 12.8 Å². The second-order valence-corrected chi connectivity index (χ2v) is 10.2. The predicted octanol–water partition coefficient (Wildman–Crippen LogP) is 9.60. The van der Waals surface area contributed by atoms with Crippen LogP contribution in [0.1, 0.15) is 134 Å². The van der Waals surface area contributed by atoms with Crippen LogP contribution in [0.4, 0.5) is 13.2 Å². The summed E-state index contributed by atoms with van der Waals surface area (Å²) in [4.78, 5) is 23.7. The first kappa shape index (κ1) is 34.8. The first-order chi connectivity index (χ1) is 18.8. The van der Waals surface area contributed by atoms with Gasteiger partial charge in [0.1, 0.15) is 12.4 Å². The van der Waals surface area contributed by atoms with E-state index in [9.17, 15) is 22.8 Å². The van der Waals surface area contributed by atoms with Crippen molar-refractivity contribution in [2.75, 3.05) is 6.61 Å². The third-order valence-corrected chi connectivity index (χ3v) is 6.58. The third-order valence-electron chi connectivity index (χ3n) is 6.58. The molecule has 1 aromatic carbocycles. The average Bonchev–Trinajstić information content (AvgIpc) is 2.89. The lowest BCUT2D eigenvalue weighted by Gasteiger charge is -2.09. The molecule has 0 unspecified atom stereocenters. The number of ether oxygens (including phenoxy) is 3. The Labute approximate surface area is 233 Å². The molecule has 0 fully saturated rings. The standard InChI is InChI=1S/C31H49F3O5/c1-2-3-4-5-6-7-8-9-10-11-12-13-14-15-16-17-25-37-29(35)19-18-20-30(36)38-26-27-21-23-28(24-22-27)39-31(32,33)34/h21-24H,2-20,25-26H2,1H3. The fraction of sp³-hybridized carbons (Fsp3) is 0.742. The van der Waals surface area contributed by atoms with E-state index in [2.05, 4.69) is 11.7 Å². The highest BCUT2D eigenvalue weighted by Crippen LogP contribution is 2.23. The van der Waals surface area contributed by atoms with Gasteiger partial charge in [-0.3, -0.25) is 9.59 Å². The van der Waals surface area contributed by atoms with Crippen LogP contribution in [0.3, 0.4) is 0 Å². The number of hydrogen-bond donors (Lipinski definition) is 0.